The molecule has 0 bridgehead atoms. The van der Waals surface area contributed by atoms with Gasteiger partial charge in [0.25, 0.3) is 0 Å². The summed E-state index contributed by atoms with van der Waals surface area (Å²) < 4.78 is 11.1. The molecule has 0 N–H and O–H groups in total. The zero-order valence-electron chi connectivity index (χ0n) is 8.40. The highest BCUT2D eigenvalue weighted by atomic mass is 16.5. The lowest BCUT2D eigenvalue weighted by Crippen LogP contribution is -2.28. The molecule has 1 saturated heterocycles. The van der Waals surface area contributed by atoms with Gasteiger partial charge in [-0.25, -0.2) is 4.98 Å². The zero-order chi connectivity index (χ0) is 9.80. The largest absolute Gasteiger partial charge is 0.472 e. The highest BCUT2D eigenvalue weighted by Crippen LogP contribution is 2.17. The second-order valence-electron chi connectivity index (χ2n) is 3.58. The molecule has 0 saturated carbocycles. The van der Waals surface area contributed by atoms with Crippen LogP contribution in [0.2, 0.25) is 0 Å². The van der Waals surface area contributed by atoms with E-state index in [1.165, 1.54) is 0 Å². The van der Waals surface area contributed by atoms with Crippen molar-refractivity contribution in [3.8, 4) is 5.88 Å². The van der Waals surface area contributed by atoms with Crippen molar-refractivity contribution in [2.45, 2.75) is 25.9 Å². The summed E-state index contributed by atoms with van der Waals surface area (Å²) in [5.74, 6) is 0.739. The van der Waals surface area contributed by atoms with Gasteiger partial charge in [0.05, 0.1) is 6.61 Å². The van der Waals surface area contributed by atoms with Gasteiger partial charge in [0.2, 0.25) is 5.88 Å². The molecule has 2 rings (SSSR count). The predicted molar refractivity (Wildman–Crippen MR) is 53.4 cm³/mol. The SMILES string of the molecule is Cc1cccnc1O[C@@H]1CCCOC1. The molecule has 0 spiro atoms. The lowest BCUT2D eigenvalue weighted by molar-refractivity contribution is 0.00520. The second kappa shape index (κ2) is 4.42. The van der Waals surface area contributed by atoms with Crippen molar-refractivity contribution in [2.75, 3.05) is 13.2 Å². The average molecular weight is 193 g/mol. The molecule has 3 heteroatoms. The fraction of sp³-hybridized carbons (Fsp3) is 0.545. The maximum atomic E-state index is 5.75. The fourth-order valence-electron chi connectivity index (χ4n) is 1.56. The van der Waals surface area contributed by atoms with Gasteiger partial charge in [-0.15, -0.1) is 0 Å². The maximum Gasteiger partial charge on any atom is 0.216 e. The van der Waals surface area contributed by atoms with E-state index < -0.39 is 0 Å². The van der Waals surface area contributed by atoms with Gasteiger partial charge in [-0.05, 0) is 25.8 Å². The first kappa shape index (κ1) is 9.46. The van der Waals surface area contributed by atoms with Crippen molar-refractivity contribution in [2.24, 2.45) is 0 Å². The van der Waals surface area contributed by atoms with E-state index in [1.807, 2.05) is 19.1 Å². The monoisotopic (exact) mass is 193 g/mol. The smallest absolute Gasteiger partial charge is 0.216 e. The van der Waals surface area contributed by atoms with Crippen molar-refractivity contribution in [1.82, 2.24) is 4.98 Å². The van der Waals surface area contributed by atoms with E-state index in [0.717, 1.165) is 30.9 Å². The molecular weight excluding hydrogens is 178 g/mol. The van der Waals surface area contributed by atoms with Gasteiger partial charge in [-0.3, -0.25) is 0 Å². The highest BCUT2D eigenvalue weighted by molar-refractivity contribution is 5.23. The third kappa shape index (κ3) is 2.23. The third-order valence-electron chi connectivity index (χ3n) is 2.36. The third-order valence-corrected chi connectivity index (χ3v) is 2.36. The molecular formula is C11H15NO2. The van der Waals surface area contributed by atoms with Crippen molar-refractivity contribution in [1.29, 1.82) is 0 Å². The molecule has 1 aromatic rings. The molecule has 0 aromatic carbocycles. The summed E-state index contributed by atoms with van der Waals surface area (Å²) in [6, 6.07) is 3.92. The number of hydrogen-bond acceptors (Lipinski definition) is 3. The molecule has 2 heterocycles. The molecule has 1 atom stereocenters. The maximum absolute atomic E-state index is 5.75. The van der Waals surface area contributed by atoms with E-state index in [-0.39, 0.29) is 6.10 Å². The minimum atomic E-state index is 0.178. The summed E-state index contributed by atoms with van der Waals surface area (Å²) in [6.07, 6.45) is 4.08. The van der Waals surface area contributed by atoms with Gasteiger partial charge >= 0.3 is 0 Å². The Bertz CT molecular complexity index is 295. The minimum Gasteiger partial charge on any atom is -0.472 e. The Kier molecular flexibility index (Phi) is 2.99. The van der Waals surface area contributed by atoms with Gasteiger partial charge in [0.15, 0.2) is 0 Å². The first-order chi connectivity index (χ1) is 6.86. The normalized spacial score (nSPS) is 21.9. The first-order valence-electron chi connectivity index (χ1n) is 5.02. The summed E-state index contributed by atoms with van der Waals surface area (Å²) >= 11 is 0. The van der Waals surface area contributed by atoms with Crippen LogP contribution in [0.25, 0.3) is 0 Å². The second-order valence-corrected chi connectivity index (χ2v) is 3.58. The van der Waals surface area contributed by atoms with Crippen LogP contribution in [0.15, 0.2) is 18.3 Å². The Hall–Kier alpha value is -1.09. The van der Waals surface area contributed by atoms with Gasteiger partial charge in [-0.2, -0.15) is 0 Å². The standard InChI is InChI=1S/C11H15NO2/c1-9-4-2-6-12-11(9)14-10-5-3-7-13-8-10/h2,4,6,10H,3,5,7-8H2,1H3/t10-/m1/s1. The summed E-state index contributed by atoms with van der Waals surface area (Å²) in [5, 5.41) is 0. The number of nitrogens with zero attached hydrogens (tertiary/aromatic N) is 1. The van der Waals surface area contributed by atoms with Crippen LogP contribution in [0.4, 0.5) is 0 Å². The average Bonchev–Trinajstić information content (AvgIpc) is 2.23. The number of aromatic nitrogens is 1. The lowest BCUT2D eigenvalue weighted by atomic mass is 10.2. The predicted octanol–water partition coefficient (Wildman–Crippen LogP) is 1.95. The van der Waals surface area contributed by atoms with E-state index >= 15 is 0 Å². The summed E-state index contributed by atoms with van der Waals surface area (Å²) in [6.45, 7) is 3.56. The quantitative estimate of drug-likeness (QED) is 0.719. The number of aryl methyl sites for hydroxylation is 1. The Balaban J connectivity index is 1.99. The first-order valence-corrected chi connectivity index (χ1v) is 5.02. The zero-order valence-corrected chi connectivity index (χ0v) is 8.40. The van der Waals surface area contributed by atoms with E-state index in [9.17, 15) is 0 Å². The Morgan fingerprint density at radius 3 is 3.21 bits per heavy atom. The van der Waals surface area contributed by atoms with Crippen LogP contribution in [0, 0.1) is 6.92 Å². The van der Waals surface area contributed by atoms with Gasteiger partial charge < -0.3 is 9.47 Å². The van der Waals surface area contributed by atoms with Gasteiger partial charge in [0.1, 0.15) is 6.10 Å². The lowest BCUT2D eigenvalue weighted by Gasteiger charge is -2.23. The molecule has 0 unspecified atom stereocenters. The molecule has 1 fully saturated rings. The van der Waals surface area contributed by atoms with Gasteiger partial charge in [-0.1, -0.05) is 6.07 Å². The van der Waals surface area contributed by atoms with Crippen molar-refractivity contribution in [3.63, 3.8) is 0 Å². The van der Waals surface area contributed by atoms with E-state index in [2.05, 4.69) is 4.98 Å². The minimum absolute atomic E-state index is 0.178. The number of rotatable bonds is 2. The molecule has 3 nitrogen and oxygen atoms in total. The molecule has 14 heavy (non-hydrogen) atoms. The molecule has 0 aliphatic carbocycles. The van der Waals surface area contributed by atoms with E-state index in [1.54, 1.807) is 6.20 Å². The van der Waals surface area contributed by atoms with Crippen molar-refractivity contribution >= 4 is 0 Å². The number of ether oxygens (including phenoxy) is 2. The Morgan fingerprint density at radius 1 is 1.57 bits per heavy atom. The summed E-state index contributed by atoms with van der Waals surface area (Å²) in [5.41, 5.74) is 1.08. The van der Waals surface area contributed by atoms with Crippen LogP contribution in [-0.4, -0.2) is 24.3 Å². The van der Waals surface area contributed by atoms with Crippen LogP contribution in [0.5, 0.6) is 5.88 Å². The number of pyridine rings is 1. The van der Waals surface area contributed by atoms with Crippen LogP contribution < -0.4 is 4.74 Å². The summed E-state index contributed by atoms with van der Waals surface area (Å²) in [4.78, 5) is 4.19. The summed E-state index contributed by atoms with van der Waals surface area (Å²) in [7, 11) is 0. The van der Waals surface area contributed by atoms with E-state index in [4.69, 9.17) is 9.47 Å². The van der Waals surface area contributed by atoms with Crippen LogP contribution in [0.1, 0.15) is 18.4 Å². The molecule has 0 radical (unpaired) electrons. The molecule has 1 aromatic heterocycles. The number of hydrogen-bond donors (Lipinski definition) is 0. The van der Waals surface area contributed by atoms with Gasteiger partial charge in [0, 0.05) is 18.4 Å². The van der Waals surface area contributed by atoms with Crippen molar-refractivity contribution < 1.29 is 9.47 Å². The highest BCUT2D eigenvalue weighted by Gasteiger charge is 2.16. The topological polar surface area (TPSA) is 31.4 Å². The van der Waals surface area contributed by atoms with Crippen LogP contribution in [0.3, 0.4) is 0 Å². The van der Waals surface area contributed by atoms with Crippen molar-refractivity contribution in [3.05, 3.63) is 23.9 Å². The van der Waals surface area contributed by atoms with E-state index in [0.29, 0.717) is 6.61 Å². The molecule has 76 valence electrons. The Labute approximate surface area is 84.1 Å². The molecule has 0 amide bonds. The van der Waals surface area contributed by atoms with Crippen LogP contribution in [-0.2, 0) is 4.74 Å². The van der Waals surface area contributed by atoms with Crippen LogP contribution >= 0.6 is 0 Å². The molecule has 1 aliphatic heterocycles. The Morgan fingerprint density at radius 2 is 2.50 bits per heavy atom. The molecule has 1 aliphatic rings. The fourth-order valence-corrected chi connectivity index (χ4v) is 1.56.